The van der Waals surface area contributed by atoms with Gasteiger partial charge < -0.3 is 15.2 Å². The number of benzene rings is 1. The lowest BCUT2D eigenvalue weighted by Crippen LogP contribution is -2.57. The van der Waals surface area contributed by atoms with Crippen LogP contribution in [0.3, 0.4) is 0 Å². The molecule has 0 atom stereocenters. The molecule has 2 N–H and O–H groups in total. The number of hydrogen-bond donors (Lipinski definition) is 2. The Labute approximate surface area is 113 Å². The predicted molar refractivity (Wildman–Crippen MR) is 64.2 cm³/mol. The van der Waals surface area contributed by atoms with Crippen LogP contribution < -0.4 is 5.32 Å². The molecule has 0 bridgehead atoms. The third-order valence-corrected chi connectivity index (χ3v) is 3.30. The van der Waals surface area contributed by atoms with Crippen LogP contribution in [0.25, 0.3) is 0 Å². The van der Waals surface area contributed by atoms with E-state index < -0.39 is 34.6 Å². The highest BCUT2D eigenvalue weighted by Gasteiger charge is 2.42. The van der Waals surface area contributed by atoms with Crippen LogP contribution in [0.1, 0.15) is 23.2 Å². The predicted octanol–water partition coefficient (Wildman–Crippen LogP) is 1.33. The first-order chi connectivity index (χ1) is 9.46. The van der Waals surface area contributed by atoms with E-state index in [0.29, 0.717) is 0 Å². The van der Waals surface area contributed by atoms with Crippen LogP contribution in [0.2, 0.25) is 0 Å². The molecule has 20 heavy (non-hydrogen) atoms. The fraction of sp³-hybridized carbons (Fsp3) is 0.385. The molecule has 0 saturated carbocycles. The van der Waals surface area contributed by atoms with E-state index >= 15 is 0 Å². The lowest BCUT2D eigenvalue weighted by molar-refractivity contribution is -0.148. The summed E-state index contributed by atoms with van der Waals surface area (Å²) in [5, 5.41) is 11.5. The Morgan fingerprint density at radius 1 is 1.20 bits per heavy atom. The Morgan fingerprint density at radius 2 is 1.75 bits per heavy atom. The zero-order valence-corrected chi connectivity index (χ0v) is 10.5. The van der Waals surface area contributed by atoms with Crippen molar-refractivity contribution in [2.75, 3.05) is 13.2 Å². The van der Waals surface area contributed by atoms with E-state index in [1.807, 2.05) is 0 Å². The summed E-state index contributed by atoms with van der Waals surface area (Å²) in [4.78, 5) is 23.3. The van der Waals surface area contributed by atoms with Crippen LogP contribution in [0, 0.1) is 11.6 Å². The minimum absolute atomic E-state index is 0.0458. The van der Waals surface area contributed by atoms with Crippen molar-refractivity contribution in [3.8, 4) is 0 Å². The van der Waals surface area contributed by atoms with E-state index in [1.54, 1.807) is 0 Å². The number of carboxylic acids is 1. The fourth-order valence-electron chi connectivity index (χ4n) is 2.11. The average molecular weight is 285 g/mol. The second-order valence-electron chi connectivity index (χ2n) is 4.55. The number of carbonyl (C=O) groups is 2. The van der Waals surface area contributed by atoms with Crippen LogP contribution in [0.15, 0.2) is 18.2 Å². The Hall–Kier alpha value is -2.02. The first kappa shape index (κ1) is 14.4. The molecule has 2 rings (SSSR count). The van der Waals surface area contributed by atoms with Gasteiger partial charge in [-0.05, 0) is 12.1 Å². The molecule has 5 nitrogen and oxygen atoms in total. The second-order valence-corrected chi connectivity index (χ2v) is 4.55. The van der Waals surface area contributed by atoms with Gasteiger partial charge in [-0.3, -0.25) is 4.79 Å². The Morgan fingerprint density at radius 3 is 2.25 bits per heavy atom. The van der Waals surface area contributed by atoms with Gasteiger partial charge in [-0.25, -0.2) is 13.6 Å². The molecule has 1 aliphatic rings. The number of amides is 1. The van der Waals surface area contributed by atoms with Crippen LogP contribution in [0.4, 0.5) is 8.78 Å². The molecule has 1 amide bonds. The quantitative estimate of drug-likeness (QED) is 0.878. The molecule has 0 aromatic heterocycles. The van der Waals surface area contributed by atoms with Crippen molar-refractivity contribution in [3.05, 3.63) is 35.4 Å². The molecule has 0 unspecified atom stereocenters. The molecule has 1 fully saturated rings. The standard InChI is InChI=1S/C13H13F2NO4/c14-8-2-1-3-9(15)10(8)11(17)16-13(12(18)19)4-6-20-7-5-13/h1-3H,4-7H2,(H,16,17)(H,18,19). The van der Waals surface area contributed by atoms with E-state index in [0.717, 1.165) is 18.2 Å². The summed E-state index contributed by atoms with van der Waals surface area (Å²) in [5.41, 5.74) is -2.33. The molecular weight excluding hydrogens is 272 g/mol. The number of carboxylic acid groups (broad SMARTS) is 1. The number of rotatable bonds is 3. The largest absolute Gasteiger partial charge is 0.480 e. The Bertz CT molecular complexity index is 521. The molecule has 0 radical (unpaired) electrons. The van der Waals surface area contributed by atoms with Crippen molar-refractivity contribution >= 4 is 11.9 Å². The van der Waals surface area contributed by atoms with Gasteiger partial charge in [0, 0.05) is 26.1 Å². The third-order valence-electron chi connectivity index (χ3n) is 3.30. The van der Waals surface area contributed by atoms with E-state index in [9.17, 15) is 23.5 Å². The van der Waals surface area contributed by atoms with E-state index in [-0.39, 0.29) is 26.1 Å². The third kappa shape index (κ3) is 2.62. The summed E-state index contributed by atoms with van der Waals surface area (Å²) < 4.78 is 32.1. The lowest BCUT2D eigenvalue weighted by Gasteiger charge is -2.33. The van der Waals surface area contributed by atoms with Crippen LogP contribution >= 0.6 is 0 Å². The normalized spacial score (nSPS) is 17.5. The fourth-order valence-corrected chi connectivity index (χ4v) is 2.11. The minimum atomic E-state index is -1.55. The summed E-state index contributed by atoms with van der Waals surface area (Å²) in [6.45, 7) is 0.318. The van der Waals surface area contributed by atoms with Crippen molar-refractivity contribution in [1.29, 1.82) is 0 Å². The highest BCUT2D eigenvalue weighted by molar-refractivity contribution is 5.98. The van der Waals surface area contributed by atoms with Crippen LogP contribution in [-0.4, -0.2) is 35.7 Å². The lowest BCUT2D eigenvalue weighted by atomic mass is 9.89. The first-order valence-corrected chi connectivity index (χ1v) is 6.04. The number of aliphatic carboxylic acids is 1. The van der Waals surface area contributed by atoms with E-state index in [4.69, 9.17) is 4.74 Å². The Kier molecular flexibility index (Phi) is 3.99. The van der Waals surface area contributed by atoms with Crippen LogP contribution in [0.5, 0.6) is 0 Å². The molecule has 1 aromatic carbocycles. The topological polar surface area (TPSA) is 75.6 Å². The molecule has 0 spiro atoms. The van der Waals surface area contributed by atoms with Gasteiger partial charge in [0.05, 0.1) is 0 Å². The molecule has 1 saturated heterocycles. The molecule has 1 aliphatic heterocycles. The summed E-state index contributed by atoms with van der Waals surface area (Å²) in [7, 11) is 0. The van der Waals surface area contributed by atoms with Gasteiger partial charge in [-0.2, -0.15) is 0 Å². The monoisotopic (exact) mass is 285 g/mol. The van der Waals surface area contributed by atoms with Crippen molar-refractivity contribution in [3.63, 3.8) is 0 Å². The first-order valence-electron chi connectivity index (χ1n) is 6.04. The van der Waals surface area contributed by atoms with E-state index in [2.05, 4.69) is 5.32 Å². The van der Waals surface area contributed by atoms with Gasteiger partial charge in [-0.1, -0.05) is 6.07 Å². The highest BCUT2D eigenvalue weighted by atomic mass is 19.1. The number of hydrogen-bond acceptors (Lipinski definition) is 3. The maximum Gasteiger partial charge on any atom is 0.329 e. The molecule has 0 aliphatic carbocycles. The highest BCUT2D eigenvalue weighted by Crippen LogP contribution is 2.22. The van der Waals surface area contributed by atoms with Gasteiger partial charge in [0.2, 0.25) is 0 Å². The van der Waals surface area contributed by atoms with Gasteiger partial charge in [0.25, 0.3) is 5.91 Å². The molecule has 1 aromatic rings. The van der Waals surface area contributed by atoms with Crippen molar-refractivity contribution in [1.82, 2.24) is 5.32 Å². The minimum Gasteiger partial charge on any atom is -0.480 e. The zero-order chi connectivity index (χ0) is 14.8. The smallest absolute Gasteiger partial charge is 0.329 e. The molecule has 7 heteroatoms. The van der Waals surface area contributed by atoms with Crippen LogP contribution in [-0.2, 0) is 9.53 Å². The SMILES string of the molecule is O=C(NC1(C(=O)O)CCOCC1)c1c(F)cccc1F. The van der Waals surface area contributed by atoms with Gasteiger partial charge >= 0.3 is 5.97 Å². The van der Waals surface area contributed by atoms with Gasteiger partial charge in [0.15, 0.2) is 0 Å². The maximum absolute atomic E-state index is 13.5. The van der Waals surface area contributed by atoms with Gasteiger partial charge in [-0.15, -0.1) is 0 Å². The molecule has 108 valence electrons. The van der Waals surface area contributed by atoms with Crippen molar-refractivity contribution in [2.45, 2.75) is 18.4 Å². The number of ether oxygens (including phenoxy) is 1. The van der Waals surface area contributed by atoms with E-state index in [1.165, 1.54) is 0 Å². The summed E-state index contributed by atoms with van der Waals surface area (Å²) in [6, 6.07) is 3.01. The zero-order valence-electron chi connectivity index (χ0n) is 10.5. The van der Waals surface area contributed by atoms with Crippen molar-refractivity contribution in [2.24, 2.45) is 0 Å². The second kappa shape index (κ2) is 5.54. The van der Waals surface area contributed by atoms with Crippen molar-refractivity contribution < 1.29 is 28.2 Å². The number of nitrogens with one attached hydrogen (secondary N) is 1. The van der Waals surface area contributed by atoms with Gasteiger partial charge in [0.1, 0.15) is 22.7 Å². The number of carbonyl (C=O) groups excluding carboxylic acids is 1. The summed E-state index contributed by atoms with van der Waals surface area (Å²) in [6.07, 6.45) is 0.0916. The number of halogens is 2. The summed E-state index contributed by atoms with van der Waals surface area (Å²) >= 11 is 0. The molecule has 1 heterocycles. The summed E-state index contributed by atoms with van der Waals surface area (Å²) in [5.74, 6) is -4.39. The Balaban J connectivity index is 2.27. The average Bonchev–Trinajstić information content (AvgIpc) is 2.39. The maximum atomic E-state index is 13.5. The molecular formula is C13H13F2NO4.